The van der Waals surface area contributed by atoms with Crippen LogP contribution in [0.3, 0.4) is 0 Å². The summed E-state index contributed by atoms with van der Waals surface area (Å²) in [6.07, 6.45) is 8.91. The molecular formula is C29H23N7O2S. The minimum Gasteiger partial charge on any atom is -0.381 e. The number of anilines is 1. The first-order valence-corrected chi connectivity index (χ1v) is 13.1. The molecule has 0 fully saturated rings. The van der Waals surface area contributed by atoms with Crippen LogP contribution in [0.5, 0.6) is 0 Å². The summed E-state index contributed by atoms with van der Waals surface area (Å²) in [6.45, 7) is 1.83. The van der Waals surface area contributed by atoms with Crippen molar-refractivity contribution in [3.05, 3.63) is 117 Å². The predicted octanol–water partition coefficient (Wildman–Crippen LogP) is 4.73. The molecule has 0 aliphatic carbocycles. The number of para-hydroxylation sites is 1. The molecule has 0 aliphatic rings. The third-order valence-electron chi connectivity index (χ3n) is 6.44. The van der Waals surface area contributed by atoms with Gasteiger partial charge < -0.3 is 11.1 Å². The molecule has 0 aliphatic heterocycles. The quantitative estimate of drug-likeness (QED) is 0.319. The highest BCUT2D eigenvalue weighted by Crippen LogP contribution is 2.25. The van der Waals surface area contributed by atoms with Crippen LogP contribution in [0.25, 0.3) is 34.3 Å². The number of hydrogen-bond donors (Lipinski definition) is 2. The molecule has 6 aromatic rings. The van der Waals surface area contributed by atoms with Gasteiger partial charge in [-0.25, -0.2) is 9.50 Å². The molecule has 0 saturated carbocycles. The number of carbonyl (C=O) groups is 1. The molecule has 1 unspecified atom stereocenters. The van der Waals surface area contributed by atoms with Crippen LogP contribution in [-0.4, -0.2) is 30.1 Å². The molecule has 4 heterocycles. The Hall–Kier alpha value is -5.09. The lowest BCUT2D eigenvalue weighted by molar-refractivity contribution is 0.0941. The summed E-state index contributed by atoms with van der Waals surface area (Å²) in [7, 11) is 0. The second kappa shape index (κ2) is 9.99. The van der Waals surface area contributed by atoms with Crippen molar-refractivity contribution in [2.45, 2.75) is 13.0 Å². The number of benzene rings is 2. The molecule has 2 aromatic carbocycles. The van der Waals surface area contributed by atoms with E-state index in [2.05, 4.69) is 20.4 Å². The van der Waals surface area contributed by atoms with E-state index in [-0.39, 0.29) is 16.9 Å². The molecular weight excluding hydrogens is 510 g/mol. The van der Waals surface area contributed by atoms with Gasteiger partial charge in [0.25, 0.3) is 11.5 Å². The van der Waals surface area contributed by atoms with E-state index >= 15 is 0 Å². The zero-order chi connectivity index (χ0) is 26.9. The number of nitrogens with one attached hydrogen (secondary N) is 1. The van der Waals surface area contributed by atoms with Gasteiger partial charge in [-0.1, -0.05) is 42.5 Å². The molecule has 192 valence electrons. The maximum absolute atomic E-state index is 14.1. The topological polar surface area (TPSA) is 120 Å². The first-order chi connectivity index (χ1) is 19.0. The van der Waals surface area contributed by atoms with Gasteiger partial charge in [0.1, 0.15) is 5.56 Å². The zero-order valence-electron chi connectivity index (χ0n) is 20.9. The minimum absolute atomic E-state index is 0.0785. The van der Waals surface area contributed by atoms with E-state index in [1.165, 1.54) is 15.9 Å². The van der Waals surface area contributed by atoms with Crippen LogP contribution in [-0.2, 0) is 0 Å². The highest BCUT2D eigenvalue weighted by molar-refractivity contribution is 7.10. The molecule has 1 atom stereocenters. The number of pyridine rings is 1. The third-order valence-corrected chi connectivity index (χ3v) is 7.18. The van der Waals surface area contributed by atoms with Crippen molar-refractivity contribution in [3.8, 4) is 5.69 Å². The lowest BCUT2D eigenvalue weighted by atomic mass is 10.0. The van der Waals surface area contributed by atoms with Crippen LogP contribution in [0.1, 0.15) is 39.5 Å². The smallest absolute Gasteiger partial charge is 0.263 e. The Bertz CT molecular complexity index is 1910. The van der Waals surface area contributed by atoms with Gasteiger partial charge in [0.05, 0.1) is 16.9 Å². The van der Waals surface area contributed by atoms with Crippen LogP contribution >= 0.6 is 11.3 Å². The SMILES string of the molecule is CC(NC(=O)c1c(N)nn2cccnc12)c1cc2cccc(/C=C/c3cncs3)c2c(=O)n1-c1ccccc1. The number of nitrogen functional groups attached to an aromatic ring is 1. The molecule has 3 N–H and O–H groups in total. The standard InChI is InChI=1S/C29H23N7O2S/c1-18(33-28(37)25-26(30)34-35-14-6-13-32-27(25)35)23-15-20-8-5-7-19(11-12-22-16-31-17-39-22)24(20)29(38)36(23)21-9-3-2-4-10-21/h2-18H,1H3,(H2,30,34)(H,33,37)/b12-11+. The van der Waals surface area contributed by atoms with Gasteiger partial charge in [-0.3, -0.25) is 19.1 Å². The van der Waals surface area contributed by atoms with Crippen molar-refractivity contribution in [3.63, 3.8) is 0 Å². The predicted molar refractivity (Wildman–Crippen MR) is 154 cm³/mol. The van der Waals surface area contributed by atoms with Crippen molar-refractivity contribution in [2.24, 2.45) is 0 Å². The summed E-state index contributed by atoms with van der Waals surface area (Å²) in [6, 6.07) is 18.2. The van der Waals surface area contributed by atoms with Crippen LogP contribution in [0.15, 0.2) is 89.6 Å². The van der Waals surface area contributed by atoms with Gasteiger partial charge in [0.2, 0.25) is 0 Å². The second-order valence-electron chi connectivity index (χ2n) is 8.94. The normalized spacial score (nSPS) is 12.3. The Morgan fingerprint density at radius 3 is 2.74 bits per heavy atom. The number of fused-ring (bicyclic) bond motifs is 2. The van der Waals surface area contributed by atoms with Crippen molar-refractivity contribution < 1.29 is 4.79 Å². The molecule has 39 heavy (non-hydrogen) atoms. The average molecular weight is 534 g/mol. The van der Waals surface area contributed by atoms with Crippen LogP contribution in [0.2, 0.25) is 0 Å². The Balaban J connectivity index is 1.47. The molecule has 4 aromatic heterocycles. The van der Waals surface area contributed by atoms with Crippen molar-refractivity contribution in [1.29, 1.82) is 0 Å². The number of aromatic nitrogens is 5. The van der Waals surface area contributed by atoms with E-state index in [0.29, 0.717) is 22.4 Å². The Labute approximate surface area is 226 Å². The summed E-state index contributed by atoms with van der Waals surface area (Å²) in [5.41, 5.74) is 10.3. The minimum atomic E-state index is -0.552. The van der Waals surface area contributed by atoms with Gasteiger partial charge in [0, 0.05) is 34.8 Å². The zero-order valence-corrected chi connectivity index (χ0v) is 21.7. The summed E-state index contributed by atoms with van der Waals surface area (Å²) >= 11 is 1.52. The van der Waals surface area contributed by atoms with Gasteiger partial charge in [-0.05, 0) is 48.2 Å². The van der Waals surface area contributed by atoms with Gasteiger partial charge in [-0.2, -0.15) is 0 Å². The summed E-state index contributed by atoms with van der Waals surface area (Å²) < 4.78 is 3.11. The monoisotopic (exact) mass is 533 g/mol. The average Bonchev–Trinajstić information content (AvgIpc) is 3.59. The van der Waals surface area contributed by atoms with Gasteiger partial charge >= 0.3 is 0 Å². The van der Waals surface area contributed by atoms with Gasteiger partial charge in [0.15, 0.2) is 11.5 Å². The fourth-order valence-corrected chi connectivity index (χ4v) is 5.17. The fourth-order valence-electron chi connectivity index (χ4n) is 4.65. The molecule has 6 rings (SSSR count). The molecule has 0 radical (unpaired) electrons. The maximum atomic E-state index is 14.1. The first kappa shape index (κ1) is 24.3. The highest BCUT2D eigenvalue weighted by Gasteiger charge is 2.23. The summed E-state index contributed by atoms with van der Waals surface area (Å²) in [5.74, 6) is -0.350. The number of hydrogen-bond acceptors (Lipinski definition) is 7. The number of nitrogens with zero attached hydrogens (tertiary/aromatic N) is 5. The van der Waals surface area contributed by atoms with E-state index in [0.717, 1.165) is 15.8 Å². The summed E-state index contributed by atoms with van der Waals surface area (Å²) in [4.78, 5) is 36.9. The van der Waals surface area contributed by atoms with E-state index < -0.39 is 11.9 Å². The number of rotatable bonds is 6. The fraction of sp³-hybridized carbons (Fsp3) is 0.0690. The number of carbonyl (C=O) groups excluding carboxylic acids is 1. The van der Waals surface area contributed by atoms with E-state index in [9.17, 15) is 9.59 Å². The third kappa shape index (κ3) is 4.47. The van der Waals surface area contributed by atoms with Crippen molar-refractivity contribution in [1.82, 2.24) is 29.5 Å². The molecule has 0 bridgehead atoms. The first-order valence-electron chi connectivity index (χ1n) is 12.2. The Morgan fingerprint density at radius 1 is 1.10 bits per heavy atom. The number of thiazole rings is 1. The van der Waals surface area contributed by atoms with Crippen molar-refractivity contribution >= 4 is 51.6 Å². The molecule has 1 amide bonds. The lowest BCUT2D eigenvalue weighted by Gasteiger charge is -2.21. The lowest BCUT2D eigenvalue weighted by Crippen LogP contribution is -2.32. The van der Waals surface area contributed by atoms with E-state index in [1.54, 1.807) is 34.7 Å². The van der Waals surface area contributed by atoms with Crippen LogP contribution in [0, 0.1) is 0 Å². The Morgan fingerprint density at radius 2 is 1.95 bits per heavy atom. The molecule has 9 nitrogen and oxygen atoms in total. The molecule has 0 saturated heterocycles. The number of amides is 1. The van der Waals surface area contributed by atoms with Crippen LogP contribution < -0.4 is 16.6 Å². The van der Waals surface area contributed by atoms with E-state index in [4.69, 9.17) is 5.73 Å². The highest BCUT2D eigenvalue weighted by atomic mass is 32.1. The second-order valence-corrected chi connectivity index (χ2v) is 9.86. The van der Waals surface area contributed by atoms with Crippen molar-refractivity contribution in [2.75, 3.05) is 5.73 Å². The maximum Gasteiger partial charge on any atom is 0.263 e. The summed E-state index contributed by atoms with van der Waals surface area (Å²) in [5, 5.41) is 8.54. The number of nitrogens with two attached hydrogens (primary N) is 1. The van der Waals surface area contributed by atoms with Gasteiger partial charge in [-0.15, -0.1) is 16.4 Å². The van der Waals surface area contributed by atoms with Crippen LogP contribution in [0.4, 0.5) is 5.82 Å². The largest absolute Gasteiger partial charge is 0.381 e. The van der Waals surface area contributed by atoms with E-state index in [1.807, 2.05) is 73.7 Å². The molecule has 0 spiro atoms. The molecule has 10 heteroatoms. The Kier molecular flexibility index (Phi) is 6.22.